The lowest BCUT2D eigenvalue weighted by Crippen LogP contribution is -2.36. The summed E-state index contributed by atoms with van der Waals surface area (Å²) in [6.45, 7) is 8.75. The summed E-state index contributed by atoms with van der Waals surface area (Å²) in [5.41, 5.74) is 6.22. The van der Waals surface area contributed by atoms with Gasteiger partial charge in [0, 0.05) is 30.5 Å². The van der Waals surface area contributed by atoms with Crippen LogP contribution in [-0.4, -0.2) is 23.8 Å². The van der Waals surface area contributed by atoms with Gasteiger partial charge >= 0.3 is 0 Å². The van der Waals surface area contributed by atoms with Crippen molar-refractivity contribution in [2.75, 3.05) is 6.54 Å². The van der Waals surface area contributed by atoms with Gasteiger partial charge in [0.25, 0.3) is 0 Å². The van der Waals surface area contributed by atoms with Gasteiger partial charge in [-0.15, -0.1) is 10.2 Å². The average Bonchev–Trinajstić information content (AvgIpc) is 2.88. The number of allylic oxidation sites excluding steroid dienone is 2. The van der Waals surface area contributed by atoms with E-state index >= 15 is 0 Å². The van der Waals surface area contributed by atoms with Gasteiger partial charge in [-0.25, -0.2) is 4.39 Å². The maximum atomic E-state index is 13.1. The highest BCUT2D eigenvalue weighted by atomic mass is 19.1. The fourth-order valence-corrected chi connectivity index (χ4v) is 2.63. The monoisotopic (exact) mass is 339 g/mol. The number of amidine groups is 1. The molecule has 1 aromatic carbocycles. The van der Waals surface area contributed by atoms with Gasteiger partial charge < -0.3 is 5.32 Å². The molecule has 2 heterocycles. The molecule has 0 atom stereocenters. The van der Waals surface area contributed by atoms with Gasteiger partial charge in [-0.3, -0.25) is 5.43 Å². The molecule has 1 aromatic rings. The molecule has 0 bridgehead atoms. The molecule has 0 spiro atoms. The molecule has 0 aliphatic carbocycles. The predicted octanol–water partition coefficient (Wildman–Crippen LogP) is 3.27. The number of hydrogen-bond acceptors (Lipinski definition) is 5. The van der Waals surface area contributed by atoms with Crippen LogP contribution >= 0.6 is 0 Å². The van der Waals surface area contributed by atoms with Crippen molar-refractivity contribution < 1.29 is 4.39 Å². The Hall–Kier alpha value is -2.76. The summed E-state index contributed by atoms with van der Waals surface area (Å²) in [6.07, 6.45) is 5.29. The topological polar surface area (TPSA) is 61.1 Å². The summed E-state index contributed by atoms with van der Waals surface area (Å²) in [4.78, 5) is 0. The van der Waals surface area contributed by atoms with Crippen molar-refractivity contribution in [2.45, 2.75) is 32.1 Å². The summed E-state index contributed by atoms with van der Waals surface area (Å²) < 4.78 is 13.1. The fourth-order valence-electron chi connectivity index (χ4n) is 2.63. The van der Waals surface area contributed by atoms with Crippen LogP contribution in [0.2, 0.25) is 0 Å². The highest BCUT2D eigenvalue weighted by molar-refractivity contribution is 6.47. The zero-order valence-electron chi connectivity index (χ0n) is 14.5. The minimum atomic E-state index is -0.223. The smallest absolute Gasteiger partial charge is 0.128 e. The SMILES string of the molecule is C=C1CC(C2=NN=C(NCC(C)(C)c3ccc(F)cc3)CC=C2)=NN1. The molecule has 0 saturated heterocycles. The zero-order chi connectivity index (χ0) is 17.9. The van der Waals surface area contributed by atoms with E-state index in [0.29, 0.717) is 19.4 Å². The molecule has 2 N–H and O–H groups in total. The Morgan fingerprint density at radius 1 is 1.24 bits per heavy atom. The maximum Gasteiger partial charge on any atom is 0.128 e. The number of hydrogen-bond donors (Lipinski definition) is 2. The highest BCUT2D eigenvalue weighted by Gasteiger charge is 2.21. The Morgan fingerprint density at radius 2 is 2.00 bits per heavy atom. The van der Waals surface area contributed by atoms with Crippen LogP contribution in [-0.2, 0) is 5.41 Å². The van der Waals surface area contributed by atoms with E-state index in [1.165, 1.54) is 12.1 Å². The van der Waals surface area contributed by atoms with Gasteiger partial charge in [-0.1, -0.05) is 38.6 Å². The molecular weight excluding hydrogens is 317 g/mol. The van der Waals surface area contributed by atoms with Crippen LogP contribution < -0.4 is 10.7 Å². The van der Waals surface area contributed by atoms with Crippen LogP contribution in [0, 0.1) is 5.82 Å². The van der Waals surface area contributed by atoms with Gasteiger partial charge in [0.2, 0.25) is 0 Å². The van der Waals surface area contributed by atoms with Gasteiger partial charge in [-0.2, -0.15) is 5.10 Å². The van der Waals surface area contributed by atoms with Crippen LogP contribution in [0.4, 0.5) is 4.39 Å². The molecular formula is C19H22FN5. The quantitative estimate of drug-likeness (QED) is 0.884. The summed E-state index contributed by atoms with van der Waals surface area (Å²) in [6, 6.07) is 6.62. The molecule has 130 valence electrons. The standard InChI is InChI=1S/C19H22FN5/c1-13-11-17(24-22-13)16-5-4-6-18(25-23-16)21-12-19(2,3)14-7-9-15(20)10-8-14/h4-5,7-10,22H,1,6,11-12H2,2-3H3,(H,21,25). The third kappa shape index (κ3) is 4.21. The lowest BCUT2D eigenvalue weighted by molar-refractivity contribution is 0.509. The van der Waals surface area contributed by atoms with E-state index in [-0.39, 0.29) is 11.2 Å². The molecule has 5 nitrogen and oxygen atoms in total. The van der Waals surface area contributed by atoms with E-state index in [4.69, 9.17) is 0 Å². The van der Waals surface area contributed by atoms with E-state index in [9.17, 15) is 4.39 Å². The molecule has 2 aliphatic heterocycles. The van der Waals surface area contributed by atoms with Crippen molar-refractivity contribution in [3.05, 3.63) is 60.1 Å². The fraction of sp³-hybridized carbons (Fsp3) is 0.316. The molecule has 0 fully saturated rings. The van der Waals surface area contributed by atoms with Crippen molar-refractivity contribution >= 4 is 17.3 Å². The van der Waals surface area contributed by atoms with Gasteiger partial charge in [0.05, 0.1) is 5.71 Å². The number of hydrazone groups is 1. The van der Waals surface area contributed by atoms with E-state index in [1.807, 2.05) is 24.3 Å². The second-order valence-electron chi connectivity index (χ2n) is 6.83. The highest BCUT2D eigenvalue weighted by Crippen LogP contribution is 2.22. The van der Waals surface area contributed by atoms with Crippen LogP contribution in [0.1, 0.15) is 32.3 Å². The molecule has 3 rings (SSSR count). The summed E-state index contributed by atoms with van der Waals surface area (Å²) in [5.74, 6) is 0.575. The third-order valence-corrected chi connectivity index (χ3v) is 4.25. The second kappa shape index (κ2) is 7.01. The first-order valence-corrected chi connectivity index (χ1v) is 8.26. The van der Waals surface area contributed by atoms with E-state index in [1.54, 1.807) is 0 Å². The Balaban J connectivity index is 1.66. The summed E-state index contributed by atoms with van der Waals surface area (Å²) in [7, 11) is 0. The zero-order valence-corrected chi connectivity index (χ0v) is 14.5. The predicted molar refractivity (Wildman–Crippen MR) is 100 cm³/mol. The summed E-state index contributed by atoms with van der Waals surface area (Å²) in [5, 5.41) is 16.2. The second-order valence-corrected chi connectivity index (χ2v) is 6.83. The largest absolute Gasteiger partial charge is 0.371 e. The maximum absolute atomic E-state index is 13.1. The first kappa shape index (κ1) is 17.1. The first-order chi connectivity index (χ1) is 11.9. The Kier molecular flexibility index (Phi) is 4.79. The molecule has 6 heteroatoms. The Bertz CT molecular complexity index is 785. The Labute approximate surface area is 147 Å². The minimum absolute atomic E-state index is 0.157. The van der Waals surface area contributed by atoms with Crippen molar-refractivity contribution in [3.63, 3.8) is 0 Å². The molecule has 0 unspecified atom stereocenters. The molecule has 0 saturated carbocycles. The van der Waals surface area contributed by atoms with Crippen LogP contribution in [0.3, 0.4) is 0 Å². The first-order valence-electron chi connectivity index (χ1n) is 8.26. The van der Waals surface area contributed by atoms with E-state index in [0.717, 1.165) is 28.5 Å². The van der Waals surface area contributed by atoms with Gasteiger partial charge in [-0.05, 0) is 23.8 Å². The lowest BCUT2D eigenvalue weighted by Gasteiger charge is -2.26. The number of halogens is 1. The van der Waals surface area contributed by atoms with E-state index < -0.39 is 0 Å². The van der Waals surface area contributed by atoms with Gasteiger partial charge in [0.15, 0.2) is 0 Å². The Morgan fingerprint density at radius 3 is 2.68 bits per heavy atom. The van der Waals surface area contributed by atoms with Crippen LogP contribution in [0.5, 0.6) is 0 Å². The molecule has 2 aliphatic rings. The van der Waals surface area contributed by atoms with E-state index in [2.05, 4.69) is 46.5 Å². The van der Waals surface area contributed by atoms with Gasteiger partial charge in [0.1, 0.15) is 17.4 Å². The normalized spacial score (nSPS) is 17.4. The number of nitrogens with one attached hydrogen (secondary N) is 2. The molecule has 0 radical (unpaired) electrons. The van der Waals surface area contributed by atoms with Crippen molar-refractivity contribution in [1.29, 1.82) is 0 Å². The number of rotatable bonds is 4. The number of benzene rings is 1. The summed E-state index contributed by atoms with van der Waals surface area (Å²) >= 11 is 0. The average molecular weight is 339 g/mol. The van der Waals surface area contributed by atoms with Crippen molar-refractivity contribution in [1.82, 2.24) is 10.7 Å². The molecule has 25 heavy (non-hydrogen) atoms. The lowest BCUT2D eigenvalue weighted by atomic mass is 9.84. The molecule has 0 amide bonds. The third-order valence-electron chi connectivity index (χ3n) is 4.25. The molecule has 0 aromatic heterocycles. The van der Waals surface area contributed by atoms with Crippen LogP contribution in [0.15, 0.2) is 64.0 Å². The van der Waals surface area contributed by atoms with Crippen LogP contribution in [0.25, 0.3) is 0 Å². The minimum Gasteiger partial charge on any atom is -0.371 e. The van der Waals surface area contributed by atoms with Crippen molar-refractivity contribution in [2.24, 2.45) is 15.3 Å². The number of nitrogens with zero attached hydrogens (tertiary/aromatic N) is 3. The van der Waals surface area contributed by atoms with Crippen molar-refractivity contribution in [3.8, 4) is 0 Å².